The first-order chi connectivity index (χ1) is 13.8. The molecule has 1 aliphatic heterocycles. The summed E-state index contributed by atoms with van der Waals surface area (Å²) in [6.45, 7) is 3.96. The summed E-state index contributed by atoms with van der Waals surface area (Å²) in [6.07, 6.45) is 3.97. The number of carbonyl (C=O) groups is 1. The van der Waals surface area contributed by atoms with E-state index in [4.69, 9.17) is 0 Å². The van der Waals surface area contributed by atoms with E-state index in [9.17, 15) is 4.79 Å². The molecular formula is C20H24N6OS. The second kappa shape index (κ2) is 9.07. The monoisotopic (exact) mass is 396 g/mol. The van der Waals surface area contributed by atoms with E-state index < -0.39 is 0 Å². The van der Waals surface area contributed by atoms with Crippen molar-refractivity contribution in [2.45, 2.75) is 38.9 Å². The van der Waals surface area contributed by atoms with Gasteiger partial charge in [-0.25, -0.2) is 0 Å². The molecule has 0 radical (unpaired) electrons. The zero-order chi connectivity index (χ0) is 19.2. The van der Waals surface area contributed by atoms with Crippen LogP contribution in [0.1, 0.15) is 30.4 Å². The van der Waals surface area contributed by atoms with Crippen LogP contribution < -0.4 is 5.32 Å². The van der Waals surface area contributed by atoms with Gasteiger partial charge in [0.05, 0.1) is 0 Å². The molecule has 0 spiro atoms. The first-order valence-electron chi connectivity index (χ1n) is 9.63. The number of benzene rings is 1. The number of amides is 1. The highest BCUT2D eigenvalue weighted by Gasteiger charge is 2.11. The molecule has 2 aromatic heterocycles. The van der Waals surface area contributed by atoms with Crippen LogP contribution in [0.4, 0.5) is 0 Å². The summed E-state index contributed by atoms with van der Waals surface area (Å²) in [6, 6.07) is 10.4. The Morgan fingerprint density at radius 2 is 1.86 bits per heavy atom. The van der Waals surface area contributed by atoms with Crippen LogP contribution in [0.25, 0.3) is 11.4 Å². The average molecular weight is 397 g/mol. The van der Waals surface area contributed by atoms with Crippen LogP contribution in [-0.4, -0.2) is 44.1 Å². The molecule has 1 saturated heterocycles. The van der Waals surface area contributed by atoms with Crippen molar-refractivity contribution in [2.24, 2.45) is 0 Å². The van der Waals surface area contributed by atoms with Crippen molar-refractivity contribution < 1.29 is 4.79 Å². The molecule has 1 amide bonds. The van der Waals surface area contributed by atoms with Crippen molar-refractivity contribution in [3.8, 4) is 11.4 Å². The number of thiophene rings is 1. The van der Waals surface area contributed by atoms with Crippen molar-refractivity contribution in [1.29, 1.82) is 0 Å². The van der Waals surface area contributed by atoms with E-state index in [0.717, 1.165) is 17.7 Å². The van der Waals surface area contributed by atoms with Gasteiger partial charge in [-0.15, -0.1) is 10.2 Å². The van der Waals surface area contributed by atoms with Gasteiger partial charge in [0.15, 0.2) is 0 Å². The van der Waals surface area contributed by atoms with Gasteiger partial charge in [-0.3, -0.25) is 9.69 Å². The Kier molecular flexibility index (Phi) is 6.08. The van der Waals surface area contributed by atoms with Crippen LogP contribution in [0.2, 0.25) is 0 Å². The molecule has 0 bridgehead atoms. The van der Waals surface area contributed by atoms with Gasteiger partial charge in [-0.05, 0) is 53.7 Å². The van der Waals surface area contributed by atoms with Gasteiger partial charge in [-0.1, -0.05) is 30.7 Å². The lowest BCUT2D eigenvalue weighted by atomic mass is 10.1. The Hall–Kier alpha value is -2.58. The molecule has 8 heteroatoms. The number of hydrogen-bond donors (Lipinski definition) is 1. The first-order valence-corrected chi connectivity index (χ1v) is 10.6. The molecule has 1 aliphatic rings. The average Bonchev–Trinajstić information content (AvgIpc) is 3.40. The second-order valence-corrected chi connectivity index (χ2v) is 7.87. The third kappa shape index (κ3) is 5.02. The van der Waals surface area contributed by atoms with Crippen LogP contribution in [0.15, 0.2) is 41.1 Å². The number of carbonyl (C=O) groups excluding carboxylic acids is 1. The Bertz CT molecular complexity index is 884. The first kappa shape index (κ1) is 18.8. The van der Waals surface area contributed by atoms with Gasteiger partial charge < -0.3 is 5.32 Å². The van der Waals surface area contributed by atoms with Gasteiger partial charge >= 0.3 is 0 Å². The molecule has 0 saturated carbocycles. The molecule has 1 aromatic carbocycles. The largest absolute Gasteiger partial charge is 0.350 e. The van der Waals surface area contributed by atoms with Crippen molar-refractivity contribution in [2.75, 3.05) is 13.1 Å². The molecule has 0 aliphatic carbocycles. The topological polar surface area (TPSA) is 75.9 Å². The maximum absolute atomic E-state index is 12.2. The lowest BCUT2D eigenvalue weighted by Crippen LogP contribution is -2.29. The zero-order valence-electron chi connectivity index (χ0n) is 15.8. The summed E-state index contributed by atoms with van der Waals surface area (Å²) >= 11 is 1.57. The molecule has 4 rings (SSSR count). The molecule has 28 heavy (non-hydrogen) atoms. The molecule has 1 N–H and O–H groups in total. The molecule has 3 aromatic rings. The normalized spacial score (nSPS) is 14.9. The molecule has 0 atom stereocenters. The highest BCUT2D eigenvalue weighted by Crippen LogP contribution is 2.16. The van der Waals surface area contributed by atoms with E-state index in [-0.39, 0.29) is 12.5 Å². The molecule has 146 valence electrons. The number of hydrogen-bond acceptors (Lipinski definition) is 6. The van der Waals surface area contributed by atoms with E-state index in [1.165, 1.54) is 42.7 Å². The summed E-state index contributed by atoms with van der Waals surface area (Å²) in [4.78, 5) is 16.0. The predicted molar refractivity (Wildman–Crippen MR) is 109 cm³/mol. The number of piperidine rings is 1. The van der Waals surface area contributed by atoms with Crippen LogP contribution in [0, 0.1) is 0 Å². The van der Waals surface area contributed by atoms with Crippen LogP contribution >= 0.6 is 11.3 Å². The van der Waals surface area contributed by atoms with Crippen molar-refractivity contribution >= 4 is 17.2 Å². The van der Waals surface area contributed by atoms with Gasteiger partial charge in [-0.2, -0.15) is 16.1 Å². The predicted octanol–water partition coefficient (Wildman–Crippen LogP) is 2.70. The van der Waals surface area contributed by atoms with Gasteiger partial charge in [0.25, 0.3) is 0 Å². The smallest absolute Gasteiger partial charge is 0.243 e. The summed E-state index contributed by atoms with van der Waals surface area (Å²) < 4.78 is 0. The Morgan fingerprint density at radius 3 is 2.61 bits per heavy atom. The van der Waals surface area contributed by atoms with E-state index in [2.05, 4.69) is 49.9 Å². The van der Waals surface area contributed by atoms with E-state index in [1.54, 1.807) is 11.3 Å². The van der Waals surface area contributed by atoms with E-state index in [1.807, 2.05) is 16.8 Å². The lowest BCUT2D eigenvalue weighted by molar-refractivity contribution is -0.122. The third-order valence-electron chi connectivity index (χ3n) is 4.88. The minimum atomic E-state index is -0.133. The summed E-state index contributed by atoms with van der Waals surface area (Å²) in [7, 11) is 0. The van der Waals surface area contributed by atoms with Crippen LogP contribution in [0.5, 0.6) is 0 Å². The fraction of sp³-hybridized carbons (Fsp3) is 0.400. The Labute approximate surface area is 168 Å². The molecule has 1 fully saturated rings. The van der Waals surface area contributed by atoms with Crippen molar-refractivity contribution in [1.82, 2.24) is 30.4 Å². The van der Waals surface area contributed by atoms with Crippen molar-refractivity contribution in [3.63, 3.8) is 0 Å². The van der Waals surface area contributed by atoms with E-state index >= 15 is 0 Å². The van der Waals surface area contributed by atoms with E-state index in [0.29, 0.717) is 12.4 Å². The number of tetrazole rings is 1. The fourth-order valence-electron chi connectivity index (χ4n) is 3.34. The molecule has 3 heterocycles. The maximum atomic E-state index is 12.2. The van der Waals surface area contributed by atoms with Gasteiger partial charge in [0.2, 0.25) is 11.7 Å². The molecular weight excluding hydrogens is 372 g/mol. The highest BCUT2D eigenvalue weighted by atomic mass is 32.1. The third-order valence-corrected chi connectivity index (χ3v) is 5.57. The standard InChI is InChI=1S/C20H24N6OS/c27-19(14-26-23-20(22-24-26)18-8-11-28-15-18)21-12-16-4-6-17(7-5-16)13-25-9-2-1-3-10-25/h4-8,11,15H,1-3,9-10,12-14H2,(H,21,27). The zero-order valence-corrected chi connectivity index (χ0v) is 16.6. The molecule has 0 unspecified atom stereocenters. The quantitative estimate of drug-likeness (QED) is 0.665. The summed E-state index contributed by atoms with van der Waals surface area (Å²) in [5.41, 5.74) is 3.33. The maximum Gasteiger partial charge on any atom is 0.243 e. The van der Waals surface area contributed by atoms with Crippen LogP contribution in [0.3, 0.4) is 0 Å². The number of rotatable bonds is 7. The SMILES string of the molecule is O=C(Cn1nnc(-c2ccsc2)n1)NCc1ccc(CN2CCCCC2)cc1. The Morgan fingerprint density at radius 1 is 1.07 bits per heavy atom. The summed E-state index contributed by atoms with van der Waals surface area (Å²) in [5.74, 6) is 0.407. The minimum absolute atomic E-state index is 0.0597. The Balaban J connectivity index is 1.24. The highest BCUT2D eigenvalue weighted by molar-refractivity contribution is 7.08. The van der Waals surface area contributed by atoms with Crippen LogP contribution in [-0.2, 0) is 24.4 Å². The van der Waals surface area contributed by atoms with Crippen molar-refractivity contribution in [3.05, 3.63) is 52.2 Å². The number of nitrogens with zero attached hydrogens (tertiary/aromatic N) is 5. The molecule has 7 nitrogen and oxygen atoms in total. The van der Waals surface area contributed by atoms with Gasteiger partial charge in [0.1, 0.15) is 6.54 Å². The minimum Gasteiger partial charge on any atom is -0.350 e. The summed E-state index contributed by atoms with van der Waals surface area (Å²) in [5, 5.41) is 19.0. The number of aromatic nitrogens is 4. The number of likely N-dealkylation sites (tertiary alicyclic amines) is 1. The lowest BCUT2D eigenvalue weighted by Gasteiger charge is -2.26. The fourth-order valence-corrected chi connectivity index (χ4v) is 3.98. The van der Waals surface area contributed by atoms with Gasteiger partial charge in [0, 0.05) is 24.0 Å². The number of nitrogens with one attached hydrogen (secondary N) is 1. The second-order valence-electron chi connectivity index (χ2n) is 7.09.